The first kappa shape index (κ1) is 20.3. The van der Waals surface area contributed by atoms with Gasteiger partial charge in [0.25, 0.3) is 5.91 Å². The Hall–Kier alpha value is -2.97. The lowest BCUT2D eigenvalue weighted by Crippen LogP contribution is -2.28. The van der Waals surface area contributed by atoms with Crippen LogP contribution < -0.4 is 5.32 Å². The first-order valence-electron chi connectivity index (χ1n) is 9.88. The van der Waals surface area contributed by atoms with Gasteiger partial charge in [0.15, 0.2) is 0 Å². The highest BCUT2D eigenvalue weighted by atomic mass is 32.2. The molecule has 0 spiro atoms. The van der Waals surface area contributed by atoms with Crippen molar-refractivity contribution in [3.8, 4) is 0 Å². The van der Waals surface area contributed by atoms with Crippen LogP contribution in [0.3, 0.4) is 0 Å². The Balaban J connectivity index is 1.35. The van der Waals surface area contributed by atoms with E-state index in [1.54, 1.807) is 24.3 Å². The van der Waals surface area contributed by atoms with Crippen LogP contribution in [0, 0.1) is 0 Å². The molecule has 7 nitrogen and oxygen atoms in total. The molecular formula is C22H23N3O4S. The van der Waals surface area contributed by atoms with E-state index in [9.17, 15) is 18.0 Å². The summed E-state index contributed by atoms with van der Waals surface area (Å²) in [5.41, 5.74) is 2.49. The fraction of sp³-hybridized carbons (Fsp3) is 0.273. The van der Waals surface area contributed by atoms with Crippen molar-refractivity contribution in [2.45, 2.75) is 24.2 Å². The summed E-state index contributed by atoms with van der Waals surface area (Å²) >= 11 is 0. The molecule has 2 aliphatic heterocycles. The van der Waals surface area contributed by atoms with Crippen LogP contribution >= 0.6 is 0 Å². The van der Waals surface area contributed by atoms with Crippen LogP contribution in [0.25, 0.3) is 5.70 Å². The second-order valence-electron chi connectivity index (χ2n) is 7.38. The molecule has 0 atom stereocenters. The van der Waals surface area contributed by atoms with Crippen molar-refractivity contribution in [3.63, 3.8) is 0 Å². The molecule has 1 N–H and O–H groups in total. The Morgan fingerprint density at radius 3 is 2.27 bits per heavy atom. The van der Waals surface area contributed by atoms with E-state index in [0.29, 0.717) is 30.0 Å². The van der Waals surface area contributed by atoms with E-state index in [0.717, 1.165) is 18.4 Å². The maximum Gasteiger partial charge on any atom is 0.258 e. The molecule has 4 rings (SSSR count). The van der Waals surface area contributed by atoms with E-state index < -0.39 is 10.0 Å². The molecule has 0 radical (unpaired) electrons. The van der Waals surface area contributed by atoms with Gasteiger partial charge in [0.1, 0.15) is 0 Å². The Bertz CT molecular complexity index is 1070. The van der Waals surface area contributed by atoms with Gasteiger partial charge in [0, 0.05) is 48.6 Å². The highest BCUT2D eigenvalue weighted by molar-refractivity contribution is 7.89. The smallest absolute Gasteiger partial charge is 0.258 e. The number of fused-ring (bicyclic) bond motifs is 1. The molecule has 1 saturated heterocycles. The SMILES string of the molecule is C=C1c2ccccc2C(=O)N1CCC(=O)Nc1ccc(S(=O)(=O)N2CCCC2)cc1. The van der Waals surface area contributed by atoms with Crippen molar-refractivity contribution in [3.05, 3.63) is 66.2 Å². The second kappa shape index (κ2) is 8.04. The normalized spacial score (nSPS) is 16.7. The zero-order chi connectivity index (χ0) is 21.3. The van der Waals surface area contributed by atoms with Gasteiger partial charge in [-0.25, -0.2) is 8.42 Å². The van der Waals surface area contributed by atoms with Crippen LogP contribution in [0.4, 0.5) is 5.69 Å². The van der Waals surface area contributed by atoms with Crippen LogP contribution in [0.15, 0.2) is 60.0 Å². The molecule has 2 aliphatic rings. The first-order valence-corrected chi connectivity index (χ1v) is 11.3. The maximum absolute atomic E-state index is 12.6. The number of hydrogen-bond donors (Lipinski definition) is 1. The number of benzene rings is 2. The van der Waals surface area contributed by atoms with Gasteiger partial charge in [-0.3, -0.25) is 9.59 Å². The van der Waals surface area contributed by atoms with Crippen molar-refractivity contribution in [2.24, 2.45) is 0 Å². The number of nitrogens with zero attached hydrogens (tertiary/aromatic N) is 2. The van der Waals surface area contributed by atoms with E-state index in [2.05, 4.69) is 11.9 Å². The lowest BCUT2D eigenvalue weighted by Gasteiger charge is -2.17. The van der Waals surface area contributed by atoms with Gasteiger partial charge in [-0.15, -0.1) is 0 Å². The minimum Gasteiger partial charge on any atom is -0.326 e. The Labute approximate surface area is 176 Å². The van der Waals surface area contributed by atoms with E-state index in [1.165, 1.54) is 21.3 Å². The maximum atomic E-state index is 12.6. The van der Waals surface area contributed by atoms with Crippen molar-refractivity contribution in [1.82, 2.24) is 9.21 Å². The summed E-state index contributed by atoms with van der Waals surface area (Å²) in [7, 11) is -3.48. The molecule has 0 saturated carbocycles. The molecule has 0 aliphatic carbocycles. The molecule has 2 aromatic carbocycles. The summed E-state index contributed by atoms with van der Waals surface area (Å²) in [5, 5.41) is 2.75. The molecule has 1 fully saturated rings. The van der Waals surface area contributed by atoms with E-state index in [4.69, 9.17) is 0 Å². The Morgan fingerprint density at radius 1 is 1.00 bits per heavy atom. The zero-order valence-electron chi connectivity index (χ0n) is 16.5. The standard InChI is InChI=1S/C22H23N3O4S/c1-16-19-6-2-3-7-20(19)22(27)25(16)15-12-21(26)23-17-8-10-18(11-9-17)30(28,29)24-13-4-5-14-24/h2-3,6-11H,1,4-5,12-15H2,(H,23,26). The molecule has 0 unspecified atom stereocenters. The molecule has 2 amide bonds. The number of carbonyl (C=O) groups is 2. The van der Waals surface area contributed by atoms with Crippen molar-refractivity contribution >= 4 is 33.2 Å². The predicted molar refractivity (Wildman–Crippen MR) is 114 cm³/mol. The van der Waals surface area contributed by atoms with Gasteiger partial charge >= 0.3 is 0 Å². The zero-order valence-corrected chi connectivity index (χ0v) is 17.3. The molecule has 156 valence electrons. The molecule has 0 aromatic heterocycles. The summed E-state index contributed by atoms with van der Waals surface area (Å²) < 4.78 is 26.6. The van der Waals surface area contributed by atoms with E-state index in [-0.39, 0.29) is 29.7 Å². The summed E-state index contributed by atoms with van der Waals surface area (Å²) in [6.07, 6.45) is 1.86. The summed E-state index contributed by atoms with van der Waals surface area (Å²) in [6.45, 7) is 5.28. The molecular weight excluding hydrogens is 402 g/mol. The lowest BCUT2D eigenvalue weighted by molar-refractivity contribution is -0.116. The summed E-state index contributed by atoms with van der Waals surface area (Å²) in [4.78, 5) is 26.6. The number of amides is 2. The van der Waals surface area contributed by atoms with Crippen LogP contribution in [-0.2, 0) is 14.8 Å². The average molecular weight is 426 g/mol. The molecule has 30 heavy (non-hydrogen) atoms. The number of carbonyl (C=O) groups excluding carboxylic acids is 2. The van der Waals surface area contributed by atoms with Crippen LogP contribution in [0.5, 0.6) is 0 Å². The number of hydrogen-bond acceptors (Lipinski definition) is 4. The van der Waals surface area contributed by atoms with Crippen LogP contribution in [0.2, 0.25) is 0 Å². The minimum atomic E-state index is -3.48. The minimum absolute atomic E-state index is 0.104. The van der Waals surface area contributed by atoms with Gasteiger partial charge in [-0.1, -0.05) is 24.8 Å². The number of anilines is 1. The third kappa shape index (κ3) is 3.76. The van der Waals surface area contributed by atoms with Gasteiger partial charge < -0.3 is 10.2 Å². The summed E-state index contributed by atoms with van der Waals surface area (Å²) in [5.74, 6) is -0.415. The fourth-order valence-corrected chi connectivity index (χ4v) is 5.31. The molecule has 2 aromatic rings. The number of nitrogens with one attached hydrogen (secondary N) is 1. The molecule has 0 bridgehead atoms. The van der Waals surface area contributed by atoms with Crippen LogP contribution in [-0.4, -0.2) is 49.1 Å². The third-order valence-electron chi connectivity index (χ3n) is 5.44. The van der Waals surface area contributed by atoms with Gasteiger partial charge in [-0.2, -0.15) is 4.31 Å². The predicted octanol–water partition coefficient (Wildman–Crippen LogP) is 2.93. The van der Waals surface area contributed by atoms with Crippen molar-refractivity contribution < 1.29 is 18.0 Å². The Kier molecular flexibility index (Phi) is 5.44. The van der Waals surface area contributed by atoms with Gasteiger partial charge in [0.2, 0.25) is 15.9 Å². The summed E-state index contributed by atoms with van der Waals surface area (Å²) in [6, 6.07) is 13.4. The van der Waals surface area contributed by atoms with E-state index in [1.807, 2.05) is 12.1 Å². The number of sulfonamides is 1. The number of rotatable bonds is 6. The largest absolute Gasteiger partial charge is 0.326 e. The van der Waals surface area contributed by atoms with Crippen LogP contribution in [0.1, 0.15) is 35.2 Å². The highest BCUT2D eigenvalue weighted by Gasteiger charge is 2.30. The quantitative estimate of drug-likeness (QED) is 0.771. The monoisotopic (exact) mass is 425 g/mol. The molecule has 2 heterocycles. The van der Waals surface area contributed by atoms with Crippen molar-refractivity contribution in [2.75, 3.05) is 25.0 Å². The van der Waals surface area contributed by atoms with Gasteiger partial charge in [0.05, 0.1) is 4.90 Å². The Morgan fingerprint density at radius 2 is 1.63 bits per heavy atom. The van der Waals surface area contributed by atoms with E-state index >= 15 is 0 Å². The third-order valence-corrected chi connectivity index (χ3v) is 7.36. The second-order valence-corrected chi connectivity index (χ2v) is 9.32. The fourth-order valence-electron chi connectivity index (χ4n) is 3.80. The first-order chi connectivity index (χ1) is 14.4. The average Bonchev–Trinajstić information content (AvgIpc) is 3.36. The lowest BCUT2D eigenvalue weighted by atomic mass is 10.1. The highest BCUT2D eigenvalue weighted by Crippen LogP contribution is 2.31. The topological polar surface area (TPSA) is 86.8 Å². The molecule has 8 heteroatoms. The van der Waals surface area contributed by atoms with Crippen molar-refractivity contribution in [1.29, 1.82) is 0 Å². The van der Waals surface area contributed by atoms with Gasteiger partial charge in [-0.05, 0) is 43.2 Å².